The highest BCUT2D eigenvalue weighted by atomic mass is 79.9. The lowest BCUT2D eigenvalue weighted by molar-refractivity contribution is 0.0702. The Labute approximate surface area is 77.0 Å². The first kappa shape index (κ1) is 8.74. The van der Waals surface area contributed by atoms with E-state index in [1.165, 1.54) is 11.3 Å². The second-order valence-corrected chi connectivity index (χ2v) is 4.44. The van der Waals surface area contributed by atoms with Crippen molar-refractivity contribution in [2.24, 2.45) is 0 Å². The van der Waals surface area contributed by atoms with Gasteiger partial charge in [-0.3, -0.25) is 0 Å². The van der Waals surface area contributed by atoms with E-state index < -0.39 is 5.97 Å². The number of aromatic carboxylic acids is 1. The van der Waals surface area contributed by atoms with Crippen LogP contribution >= 0.6 is 27.3 Å². The van der Waals surface area contributed by atoms with Gasteiger partial charge in [-0.25, -0.2) is 4.79 Å². The zero-order chi connectivity index (χ0) is 8.43. The molecule has 0 aliphatic carbocycles. The Morgan fingerprint density at radius 2 is 2.45 bits per heavy atom. The van der Waals surface area contributed by atoms with Crippen molar-refractivity contribution in [2.75, 3.05) is 0 Å². The zero-order valence-electron chi connectivity index (χ0n) is 5.93. The fourth-order valence-corrected chi connectivity index (χ4v) is 2.49. The number of halogens is 1. The molecule has 1 N–H and O–H groups in total. The van der Waals surface area contributed by atoms with Crippen molar-refractivity contribution in [3.05, 3.63) is 20.3 Å². The Balaban J connectivity index is 3.05. The van der Waals surface area contributed by atoms with Crippen LogP contribution in [0.25, 0.3) is 0 Å². The average molecular weight is 235 g/mol. The van der Waals surface area contributed by atoms with Crippen LogP contribution in [0.1, 0.15) is 22.2 Å². The first-order valence-corrected chi connectivity index (χ1v) is 4.77. The summed E-state index contributed by atoms with van der Waals surface area (Å²) in [6.45, 7) is 2.00. The summed E-state index contributed by atoms with van der Waals surface area (Å²) in [6.07, 6.45) is 0.865. The lowest BCUT2D eigenvalue weighted by Gasteiger charge is -1.86. The third-order valence-corrected chi connectivity index (χ3v) is 3.30. The van der Waals surface area contributed by atoms with Crippen molar-refractivity contribution >= 4 is 33.2 Å². The monoisotopic (exact) mass is 234 g/mol. The summed E-state index contributed by atoms with van der Waals surface area (Å²) in [6, 6.07) is 1.71. The van der Waals surface area contributed by atoms with Crippen LogP contribution in [0.5, 0.6) is 0 Å². The van der Waals surface area contributed by atoms with Gasteiger partial charge in [0.25, 0.3) is 0 Å². The Bertz CT molecular complexity index is 280. The molecule has 0 amide bonds. The van der Waals surface area contributed by atoms with E-state index in [0.717, 1.165) is 15.8 Å². The van der Waals surface area contributed by atoms with Crippen LogP contribution in [-0.4, -0.2) is 11.1 Å². The molecule has 0 atom stereocenters. The number of aryl methyl sites for hydroxylation is 1. The van der Waals surface area contributed by atoms with E-state index in [4.69, 9.17) is 5.11 Å². The quantitative estimate of drug-likeness (QED) is 0.855. The smallest absolute Gasteiger partial charge is 0.345 e. The van der Waals surface area contributed by atoms with Gasteiger partial charge in [-0.2, -0.15) is 0 Å². The molecular formula is C7H7BrO2S. The molecule has 0 fully saturated rings. The highest BCUT2D eigenvalue weighted by molar-refractivity contribution is 9.11. The molecular weight excluding hydrogens is 228 g/mol. The molecule has 1 aromatic rings. The topological polar surface area (TPSA) is 37.3 Å². The first-order valence-electron chi connectivity index (χ1n) is 3.16. The number of thiophene rings is 1. The van der Waals surface area contributed by atoms with Crippen LogP contribution in [0.2, 0.25) is 0 Å². The average Bonchev–Trinajstić information content (AvgIpc) is 2.31. The van der Waals surface area contributed by atoms with Gasteiger partial charge in [0.1, 0.15) is 4.88 Å². The van der Waals surface area contributed by atoms with Crippen molar-refractivity contribution in [1.29, 1.82) is 0 Å². The Morgan fingerprint density at radius 3 is 2.73 bits per heavy atom. The zero-order valence-corrected chi connectivity index (χ0v) is 8.33. The highest BCUT2D eigenvalue weighted by Crippen LogP contribution is 2.28. The predicted octanol–water partition coefficient (Wildman–Crippen LogP) is 2.77. The predicted molar refractivity (Wildman–Crippen MR) is 48.4 cm³/mol. The maximum Gasteiger partial charge on any atom is 0.345 e. The molecule has 4 heteroatoms. The minimum absolute atomic E-state index is 0.397. The van der Waals surface area contributed by atoms with E-state index in [1.807, 2.05) is 6.92 Å². The minimum atomic E-state index is -0.851. The normalized spacial score (nSPS) is 10.0. The number of carboxylic acid groups (broad SMARTS) is 1. The van der Waals surface area contributed by atoms with Crippen LogP contribution in [0, 0.1) is 0 Å². The van der Waals surface area contributed by atoms with Crippen LogP contribution in [0.15, 0.2) is 9.85 Å². The van der Waals surface area contributed by atoms with Crippen molar-refractivity contribution in [3.63, 3.8) is 0 Å². The fraction of sp³-hybridized carbons (Fsp3) is 0.286. The van der Waals surface area contributed by atoms with E-state index in [0.29, 0.717) is 4.88 Å². The Morgan fingerprint density at radius 1 is 1.82 bits per heavy atom. The molecule has 60 valence electrons. The third-order valence-electron chi connectivity index (χ3n) is 1.35. The van der Waals surface area contributed by atoms with Crippen molar-refractivity contribution in [3.8, 4) is 0 Å². The van der Waals surface area contributed by atoms with Gasteiger partial charge < -0.3 is 5.11 Å². The number of hydrogen-bond acceptors (Lipinski definition) is 2. The van der Waals surface area contributed by atoms with Crippen LogP contribution < -0.4 is 0 Å². The van der Waals surface area contributed by atoms with Gasteiger partial charge in [0.05, 0.1) is 3.79 Å². The lowest BCUT2D eigenvalue weighted by atomic mass is 10.2. The summed E-state index contributed by atoms with van der Waals surface area (Å²) in [5.74, 6) is -0.851. The summed E-state index contributed by atoms with van der Waals surface area (Å²) in [4.78, 5) is 10.9. The van der Waals surface area contributed by atoms with Crippen molar-refractivity contribution in [2.45, 2.75) is 13.3 Å². The molecule has 0 aliphatic rings. The SMILES string of the molecule is CCc1cc(C(=O)O)sc1Br. The summed E-state index contributed by atoms with van der Waals surface area (Å²) in [5, 5.41) is 8.61. The van der Waals surface area contributed by atoms with Gasteiger partial charge in [0, 0.05) is 0 Å². The number of carbonyl (C=O) groups is 1. The molecule has 0 aliphatic heterocycles. The molecule has 1 heterocycles. The molecule has 0 saturated carbocycles. The first-order chi connectivity index (χ1) is 5.15. The maximum absolute atomic E-state index is 10.5. The number of hydrogen-bond donors (Lipinski definition) is 1. The van der Waals surface area contributed by atoms with E-state index in [2.05, 4.69) is 15.9 Å². The molecule has 1 rings (SSSR count). The molecule has 0 bridgehead atoms. The lowest BCUT2D eigenvalue weighted by Crippen LogP contribution is -1.90. The van der Waals surface area contributed by atoms with Gasteiger partial charge in [0.2, 0.25) is 0 Å². The second kappa shape index (κ2) is 3.36. The van der Waals surface area contributed by atoms with E-state index in [1.54, 1.807) is 6.07 Å². The van der Waals surface area contributed by atoms with Gasteiger partial charge in [-0.1, -0.05) is 6.92 Å². The van der Waals surface area contributed by atoms with Crippen molar-refractivity contribution in [1.82, 2.24) is 0 Å². The maximum atomic E-state index is 10.5. The number of rotatable bonds is 2. The number of carboxylic acids is 1. The van der Waals surface area contributed by atoms with Gasteiger partial charge in [-0.05, 0) is 34.0 Å². The van der Waals surface area contributed by atoms with E-state index in [9.17, 15) is 4.79 Å². The Kier molecular flexibility index (Phi) is 2.67. The summed E-state index contributed by atoms with van der Waals surface area (Å²) >= 11 is 4.56. The van der Waals surface area contributed by atoms with Crippen LogP contribution in [-0.2, 0) is 6.42 Å². The molecule has 0 unspecified atom stereocenters. The second-order valence-electron chi connectivity index (χ2n) is 2.07. The molecule has 0 saturated heterocycles. The van der Waals surface area contributed by atoms with Gasteiger partial charge in [-0.15, -0.1) is 11.3 Å². The summed E-state index contributed by atoms with van der Waals surface area (Å²) in [7, 11) is 0. The van der Waals surface area contributed by atoms with Crippen LogP contribution in [0.3, 0.4) is 0 Å². The summed E-state index contributed by atoms with van der Waals surface area (Å²) in [5.41, 5.74) is 1.06. The minimum Gasteiger partial charge on any atom is -0.477 e. The molecule has 2 nitrogen and oxygen atoms in total. The Hall–Kier alpha value is -0.350. The van der Waals surface area contributed by atoms with Gasteiger partial charge >= 0.3 is 5.97 Å². The van der Waals surface area contributed by atoms with Crippen molar-refractivity contribution < 1.29 is 9.90 Å². The fourth-order valence-electron chi connectivity index (χ4n) is 0.753. The largest absolute Gasteiger partial charge is 0.477 e. The van der Waals surface area contributed by atoms with E-state index in [-0.39, 0.29) is 0 Å². The van der Waals surface area contributed by atoms with Crippen LogP contribution in [0.4, 0.5) is 0 Å². The summed E-state index contributed by atoms with van der Waals surface area (Å²) < 4.78 is 0.928. The third kappa shape index (κ3) is 1.81. The molecule has 0 aromatic carbocycles. The molecule has 11 heavy (non-hydrogen) atoms. The highest BCUT2D eigenvalue weighted by Gasteiger charge is 2.09. The molecule has 1 aromatic heterocycles. The van der Waals surface area contributed by atoms with Gasteiger partial charge in [0.15, 0.2) is 0 Å². The molecule has 0 radical (unpaired) electrons. The molecule has 0 spiro atoms. The van der Waals surface area contributed by atoms with E-state index >= 15 is 0 Å². The standard InChI is InChI=1S/C7H7BrO2S/c1-2-4-3-5(7(9)10)11-6(4)8/h3H,2H2,1H3,(H,9,10).